The van der Waals surface area contributed by atoms with Gasteiger partial charge < -0.3 is 4.57 Å². The second-order valence-corrected chi connectivity index (χ2v) is 4.91. The third-order valence-corrected chi connectivity index (χ3v) is 4.14. The van der Waals surface area contributed by atoms with Gasteiger partial charge in [-0.25, -0.2) is 5.84 Å². The van der Waals surface area contributed by atoms with Crippen molar-refractivity contribution in [2.75, 3.05) is 0 Å². The van der Waals surface area contributed by atoms with Gasteiger partial charge >= 0.3 is 0 Å². The lowest BCUT2D eigenvalue weighted by atomic mass is 10.2. The van der Waals surface area contributed by atoms with Crippen LogP contribution in [0.25, 0.3) is 21.1 Å². The molecule has 0 aliphatic rings. The number of nitrogen functional groups attached to an aromatic ring is 1. The third kappa shape index (κ3) is 1.36. The van der Waals surface area contributed by atoms with Crippen LogP contribution < -0.4 is 11.3 Å². The number of benzene rings is 1. The Labute approximate surface area is 102 Å². The van der Waals surface area contributed by atoms with Gasteiger partial charge in [0.05, 0.1) is 4.88 Å². The second kappa shape index (κ2) is 3.58. The zero-order chi connectivity index (χ0) is 12.0. The van der Waals surface area contributed by atoms with Crippen LogP contribution in [0.4, 0.5) is 0 Å². The van der Waals surface area contributed by atoms with Crippen molar-refractivity contribution in [3.8, 4) is 0 Å². The SMILES string of the molecule is Cn1c2ccccc2c2cc(C(=O)NN)sc21. The van der Waals surface area contributed by atoms with Crippen LogP contribution in [0.2, 0.25) is 0 Å². The van der Waals surface area contributed by atoms with Gasteiger partial charge in [-0.05, 0) is 12.1 Å². The van der Waals surface area contributed by atoms with Gasteiger partial charge in [0, 0.05) is 23.3 Å². The summed E-state index contributed by atoms with van der Waals surface area (Å²) < 4.78 is 2.10. The monoisotopic (exact) mass is 245 g/mol. The van der Waals surface area contributed by atoms with Gasteiger partial charge in [0.2, 0.25) is 0 Å². The van der Waals surface area contributed by atoms with Gasteiger partial charge in [0.15, 0.2) is 0 Å². The first-order valence-corrected chi connectivity index (χ1v) is 6.02. The number of nitrogens with one attached hydrogen (secondary N) is 1. The normalized spacial score (nSPS) is 11.2. The van der Waals surface area contributed by atoms with Crippen LogP contribution in [0.1, 0.15) is 9.67 Å². The van der Waals surface area contributed by atoms with E-state index in [-0.39, 0.29) is 5.91 Å². The summed E-state index contributed by atoms with van der Waals surface area (Å²) in [6.07, 6.45) is 0. The average molecular weight is 245 g/mol. The Hall–Kier alpha value is -1.85. The van der Waals surface area contributed by atoms with E-state index >= 15 is 0 Å². The van der Waals surface area contributed by atoms with E-state index in [1.807, 2.05) is 25.2 Å². The number of thiophene rings is 1. The molecule has 2 heterocycles. The van der Waals surface area contributed by atoms with Crippen molar-refractivity contribution in [3.05, 3.63) is 35.2 Å². The largest absolute Gasteiger partial charge is 0.335 e. The predicted octanol–water partition coefficient (Wildman–Crippen LogP) is 2.00. The maximum absolute atomic E-state index is 11.5. The Kier molecular flexibility index (Phi) is 2.17. The fourth-order valence-electron chi connectivity index (χ4n) is 2.11. The molecule has 0 spiro atoms. The molecule has 3 rings (SSSR count). The molecule has 5 heteroatoms. The van der Waals surface area contributed by atoms with Gasteiger partial charge in [-0.15, -0.1) is 11.3 Å². The Morgan fingerprint density at radius 1 is 1.35 bits per heavy atom. The smallest absolute Gasteiger partial charge is 0.275 e. The number of rotatable bonds is 1. The molecular weight excluding hydrogens is 234 g/mol. The highest BCUT2D eigenvalue weighted by atomic mass is 32.1. The van der Waals surface area contributed by atoms with Crippen molar-refractivity contribution in [3.63, 3.8) is 0 Å². The molecule has 0 radical (unpaired) electrons. The molecule has 2 aromatic heterocycles. The van der Waals surface area contributed by atoms with Crippen LogP contribution in [0.5, 0.6) is 0 Å². The molecule has 0 aliphatic carbocycles. The summed E-state index contributed by atoms with van der Waals surface area (Å²) in [5.74, 6) is 4.91. The first-order valence-electron chi connectivity index (χ1n) is 5.20. The van der Waals surface area contributed by atoms with Gasteiger partial charge in [-0.2, -0.15) is 0 Å². The summed E-state index contributed by atoms with van der Waals surface area (Å²) in [4.78, 5) is 13.2. The first-order chi connectivity index (χ1) is 8.22. The molecule has 0 aliphatic heterocycles. The van der Waals surface area contributed by atoms with Crippen molar-refractivity contribution in [1.29, 1.82) is 0 Å². The zero-order valence-corrected chi connectivity index (χ0v) is 10.0. The van der Waals surface area contributed by atoms with Crippen LogP contribution >= 0.6 is 11.3 Å². The van der Waals surface area contributed by atoms with Crippen molar-refractivity contribution < 1.29 is 4.79 Å². The number of amides is 1. The van der Waals surface area contributed by atoms with Gasteiger partial charge in [-0.1, -0.05) is 18.2 Å². The van der Waals surface area contributed by atoms with Crippen LogP contribution in [0.15, 0.2) is 30.3 Å². The van der Waals surface area contributed by atoms with E-state index in [1.54, 1.807) is 0 Å². The molecular formula is C12H11N3OS. The predicted molar refractivity (Wildman–Crippen MR) is 70.0 cm³/mol. The van der Waals surface area contributed by atoms with Gasteiger partial charge in [0.1, 0.15) is 4.83 Å². The van der Waals surface area contributed by atoms with Crippen molar-refractivity contribution in [2.45, 2.75) is 0 Å². The maximum atomic E-state index is 11.5. The number of hydrazine groups is 1. The molecule has 1 aromatic carbocycles. The molecule has 3 aromatic rings. The summed E-state index contributed by atoms with van der Waals surface area (Å²) >= 11 is 1.45. The Morgan fingerprint density at radius 3 is 2.88 bits per heavy atom. The average Bonchev–Trinajstić information content (AvgIpc) is 2.90. The Balaban J connectivity index is 2.37. The van der Waals surface area contributed by atoms with E-state index in [1.165, 1.54) is 16.9 Å². The number of hydrogen-bond donors (Lipinski definition) is 2. The number of hydrogen-bond acceptors (Lipinski definition) is 3. The topological polar surface area (TPSA) is 60.0 Å². The highest BCUT2D eigenvalue weighted by molar-refractivity contribution is 7.20. The van der Waals surface area contributed by atoms with Crippen LogP contribution in [-0.2, 0) is 7.05 Å². The lowest BCUT2D eigenvalue weighted by Crippen LogP contribution is -2.29. The molecule has 0 atom stereocenters. The summed E-state index contributed by atoms with van der Waals surface area (Å²) in [7, 11) is 2.01. The minimum absolute atomic E-state index is 0.240. The first kappa shape index (κ1) is 10.3. The standard InChI is InChI=1S/C12H11N3OS/c1-15-9-5-3-2-4-7(9)8-6-10(11(16)14-13)17-12(8)15/h2-6H,13H2,1H3,(H,14,16). The van der Waals surface area contributed by atoms with Gasteiger partial charge in [0.25, 0.3) is 5.91 Å². The van der Waals surface area contributed by atoms with Crippen molar-refractivity contribution in [2.24, 2.45) is 12.9 Å². The van der Waals surface area contributed by atoms with E-state index in [9.17, 15) is 4.79 Å². The fourth-order valence-corrected chi connectivity index (χ4v) is 3.16. The molecule has 0 saturated heterocycles. The second-order valence-electron chi connectivity index (χ2n) is 3.88. The summed E-state index contributed by atoms with van der Waals surface area (Å²) in [5.41, 5.74) is 3.34. The number of nitrogens with two attached hydrogens (primary N) is 1. The van der Waals surface area contributed by atoms with Crippen LogP contribution in [0, 0.1) is 0 Å². The highest BCUT2D eigenvalue weighted by Gasteiger charge is 2.14. The fraction of sp³-hybridized carbons (Fsp3) is 0.0833. The van der Waals surface area contributed by atoms with E-state index in [0.29, 0.717) is 4.88 Å². The maximum Gasteiger partial charge on any atom is 0.275 e. The lowest BCUT2D eigenvalue weighted by Gasteiger charge is -1.96. The molecule has 3 N–H and O–H groups in total. The van der Waals surface area contributed by atoms with E-state index in [2.05, 4.69) is 22.1 Å². The molecule has 0 fully saturated rings. The summed E-state index contributed by atoms with van der Waals surface area (Å²) in [5, 5.41) is 2.27. The molecule has 1 amide bonds. The summed E-state index contributed by atoms with van der Waals surface area (Å²) in [6.45, 7) is 0. The number of carbonyl (C=O) groups excluding carboxylic acids is 1. The number of carbonyl (C=O) groups is 1. The number of aryl methyl sites for hydroxylation is 1. The van der Waals surface area contributed by atoms with E-state index < -0.39 is 0 Å². The minimum atomic E-state index is -0.240. The van der Waals surface area contributed by atoms with Crippen LogP contribution in [-0.4, -0.2) is 10.5 Å². The molecule has 0 unspecified atom stereocenters. The molecule has 4 nitrogen and oxygen atoms in total. The summed E-state index contributed by atoms with van der Waals surface area (Å²) in [6, 6.07) is 10.0. The van der Waals surface area contributed by atoms with Crippen LogP contribution in [0.3, 0.4) is 0 Å². The Morgan fingerprint density at radius 2 is 2.12 bits per heavy atom. The number of aromatic nitrogens is 1. The highest BCUT2D eigenvalue weighted by Crippen LogP contribution is 2.34. The Bertz CT molecular complexity index is 726. The number of para-hydroxylation sites is 1. The van der Waals surface area contributed by atoms with E-state index in [4.69, 9.17) is 5.84 Å². The quantitative estimate of drug-likeness (QED) is 0.391. The number of fused-ring (bicyclic) bond motifs is 3. The van der Waals surface area contributed by atoms with E-state index in [0.717, 1.165) is 15.6 Å². The van der Waals surface area contributed by atoms with Crippen molar-refractivity contribution >= 4 is 38.4 Å². The molecule has 17 heavy (non-hydrogen) atoms. The minimum Gasteiger partial charge on any atom is -0.335 e. The molecule has 0 bridgehead atoms. The zero-order valence-electron chi connectivity index (χ0n) is 9.23. The molecule has 0 saturated carbocycles. The molecule has 86 valence electrons. The van der Waals surface area contributed by atoms with Gasteiger partial charge in [-0.3, -0.25) is 10.2 Å². The number of nitrogens with zero attached hydrogens (tertiary/aromatic N) is 1. The third-order valence-electron chi connectivity index (χ3n) is 2.93. The lowest BCUT2D eigenvalue weighted by molar-refractivity contribution is 0.0958. The van der Waals surface area contributed by atoms with Crippen molar-refractivity contribution in [1.82, 2.24) is 9.99 Å².